The van der Waals surface area contributed by atoms with Gasteiger partial charge in [-0.15, -0.1) is 0 Å². The van der Waals surface area contributed by atoms with Crippen LogP contribution < -0.4 is 0 Å². The molecular formula is C20H40O3. The van der Waals surface area contributed by atoms with Gasteiger partial charge in [0, 0.05) is 7.11 Å². The lowest BCUT2D eigenvalue weighted by molar-refractivity contribution is -0.0694. The smallest absolute Gasteiger partial charge is 0.147 e. The Morgan fingerprint density at radius 2 is 1.35 bits per heavy atom. The number of aliphatic hydroxyl groups excluding tert-OH is 1. The Hall–Kier alpha value is -0.380. The lowest BCUT2D eigenvalue weighted by Gasteiger charge is -2.09. The van der Waals surface area contributed by atoms with Crippen LogP contribution in [0.5, 0.6) is 0 Å². The van der Waals surface area contributed by atoms with Gasteiger partial charge in [-0.25, -0.2) is 0 Å². The fourth-order valence-corrected chi connectivity index (χ4v) is 2.68. The predicted octanol–water partition coefficient (Wildman–Crippen LogP) is 5.62. The van der Waals surface area contributed by atoms with Gasteiger partial charge in [0.2, 0.25) is 0 Å². The highest BCUT2D eigenvalue weighted by Gasteiger charge is 2.01. The summed E-state index contributed by atoms with van der Waals surface area (Å²) in [5.41, 5.74) is 0. The van der Waals surface area contributed by atoms with E-state index in [0.717, 1.165) is 6.42 Å². The van der Waals surface area contributed by atoms with Crippen LogP contribution in [0.4, 0.5) is 0 Å². The average Bonchev–Trinajstić information content (AvgIpc) is 2.57. The normalized spacial score (nSPS) is 13.0. The first-order valence-electron chi connectivity index (χ1n) is 9.73. The van der Waals surface area contributed by atoms with Crippen molar-refractivity contribution < 1.29 is 14.6 Å². The first-order valence-corrected chi connectivity index (χ1v) is 9.73. The van der Waals surface area contributed by atoms with Gasteiger partial charge in [-0.3, -0.25) is 0 Å². The summed E-state index contributed by atoms with van der Waals surface area (Å²) in [6, 6.07) is 0. The number of methoxy groups -OCH3 is 1. The molecule has 1 atom stereocenters. The van der Waals surface area contributed by atoms with Gasteiger partial charge in [-0.05, 0) is 12.8 Å². The van der Waals surface area contributed by atoms with Crippen molar-refractivity contribution in [1.82, 2.24) is 0 Å². The van der Waals surface area contributed by atoms with E-state index in [-0.39, 0.29) is 19.5 Å². The van der Waals surface area contributed by atoms with Crippen LogP contribution in [0.3, 0.4) is 0 Å². The summed E-state index contributed by atoms with van der Waals surface area (Å²) >= 11 is 0. The third-order valence-corrected chi connectivity index (χ3v) is 4.15. The van der Waals surface area contributed by atoms with Crippen LogP contribution >= 0.6 is 0 Å². The monoisotopic (exact) mass is 328 g/mol. The van der Waals surface area contributed by atoms with Crippen molar-refractivity contribution in [3.05, 3.63) is 12.2 Å². The average molecular weight is 329 g/mol. The second kappa shape index (κ2) is 19.7. The molecule has 0 heterocycles. The van der Waals surface area contributed by atoms with E-state index in [0.29, 0.717) is 0 Å². The number of hydrogen-bond donors (Lipinski definition) is 1. The van der Waals surface area contributed by atoms with Crippen LogP contribution in [0.15, 0.2) is 12.2 Å². The minimum absolute atomic E-state index is 0.0122. The third kappa shape index (κ3) is 17.8. The molecule has 0 spiro atoms. The second-order valence-electron chi connectivity index (χ2n) is 6.40. The molecule has 0 aromatic carbocycles. The summed E-state index contributed by atoms with van der Waals surface area (Å²) < 4.78 is 10.1. The van der Waals surface area contributed by atoms with Gasteiger partial charge < -0.3 is 14.6 Å². The van der Waals surface area contributed by atoms with Gasteiger partial charge in [-0.1, -0.05) is 89.7 Å². The lowest BCUT2D eigenvalue weighted by atomic mass is 10.0. The summed E-state index contributed by atoms with van der Waals surface area (Å²) in [7, 11) is 1.59. The molecule has 0 rings (SSSR count). The lowest BCUT2D eigenvalue weighted by Crippen LogP contribution is -2.16. The molecule has 1 N–H and O–H groups in total. The quantitative estimate of drug-likeness (QED) is 0.202. The maximum Gasteiger partial charge on any atom is 0.147 e. The second-order valence-corrected chi connectivity index (χ2v) is 6.40. The molecule has 0 amide bonds. The van der Waals surface area contributed by atoms with Crippen molar-refractivity contribution in [3.8, 4) is 0 Å². The highest BCUT2D eigenvalue weighted by Crippen LogP contribution is 2.12. The topological polar surface area (TPSA) is 38.7 Å². The molecule has 0 saturated carbocycles. The molecule has 3 nitrogen and oxygen atoms in total. The Bertz CT molecular complexity index is 241. The van der Waals surface area contributed by atoms with Crippen molar-refractivity contribution >= 4 is 0 Å². The van der Waals surface area contributed by atoms with Crippen LogP contribution in [0.1, 0.15) is 90.4 Å². The maximum absolute atomic E-state index is 9.12. The SMILES string of the molecule is CCCCCCCCCCCCCC/C=C\[C@@H](CO)OCOC. The third-order valence-electron chi connectivity index (χ3n) is 4.15. The summed E-state index contributed by atoms with van der Waals surface area (Å²) in [5.74, 6) is 0. The molecule has 0 radical (unpaired) electrons. The largest absolute Gasteiger partial charge is 0.393 e. The van der Waals surface area contributed by atoms with E-state index in [1.807, 2.05) is 6.08 Å². The standard InChI is InChI=1S/C20H40O3/c1-3-4-5-6-7-8-9-10-11-12-13-14-15-16-17-20(18-21)23-19-22-2/h16-17,20-21H,3-15,18-19H2,1-2H3/b17-16-/t20-/m0/s1. The number of rotatable bonds is 18. The van der Waals surface area contributed by atoms with E-state index < -0.39 is 0 Å². The van der Waals surface area contributed by atoms with Crippen molar-refractivity contribution in [3.63, 3.8) is 0 Å². The van der Waals surface area contributed by atoms with Crippen LogP contribution in [-0.2, 0) is 9.47 Å². The molecule has 0 fully saturated rings. The van der Waals surface area contributed by atoms with E-state index in [4.69, 9.17) is 14.6 Å². The highest BCUT2D eigenvalue weighted by atomic mass is 16.7. The first kappa shape index (κ1) is 22.6. The summed E-state index contributed by atoms with van der Waals surface area (Å²) in [6.07, 6.45) is 21.5. The van der Waals surface area contributed by atoms with E-state index in [1.165, 1.54) is 77.0 Å². The van der Waals surface area contributed by atoms with E-state index in [2.05, 4.69) is 13.0 Å². The van der Waals surface area contributed by atoms with Crippen LogP contribution in [0.2, 0.25) is 0 Å². The fraction of sp³-hybridized carbons (Fsp3) is 0.900. The Kier molecular flexibility index (Phi) is 19.3. The zero-order valence-electron chi connectivity index (χ0n) is 15.6. The predicted molar refractivity (Wildman–Crippen MR) is 98.7 cm³/mol. The minimum atomic E-state index is -0.229. The van der Waals surface area contributed by atoms with Gasteiger partial charge in [0.25, 0.3) is 0 Å². The number of unbranched alkanes of at least 4 members (excludes halogenated alkanes) is 12. The fourth-order valence-electron chi connectivity index (χ4n) is 2.68. The van der Waals surface area contributed by atoms with Gasteiger partial charge >= 0.3 is 0 Å². The molecule has 0 bridgehead atoms. The number of hydrogen-bond acceptors (Lipinski definition) is 3. The van der Waals surface area contributed by atoms with Crippen LogP contribution in [-0.4, -0.2) is 31.7 Å². The van der Waals surface area contributed by atoms with Crippen molar-refractivity contribution in [2.24, 2.45) is 0 Å². The summed E-state index contributed by atoms with van der Waals surface area (Å²) in [6.45, 7) is 2.52. The molecule has 138 valence electrons. The van der Waals surface area contributed by atoms with Gasteiger partial charge in [0.1, 0.15) is 12.9 Å². The van der Waals surface area contributed by atoms with Crippen molar-refractivity contribution in [1.29, 1.82) is 0 Å². The Labute approximate surface area is 144 Å². The van der Waals surface area contributed by atoms with Crippen molar-refractivity contribution in [2.45, 2.75) is 96.5 Å². The Morgan fingerprint density at radius 1 is 0.826 bits per heavy atom. The zero-order chi connectivity index (χ0) is 17.0. The highest BCUT2D eigenvalue weighted by molar-refractivity contribution is 4.89. The molecule has 23 heavy (non-hydrogen) atoms. The molecule has 0 aliphatic rings. The molecule has 3 heteroatoms. The van der Waals surface area contributed by atoms with E-state index in [9.17, 15) is 0 Å². The number of aliphatic hydroxyl groups is 1. The van der Waals surface area contributed by atoms with E-state index >= 15 is 0 Å². The van der Waals surface area contributed by atoms with Crippen molar-refractivity contribution in [2.75, 3.05) is 20.5 Å². The molecule has 0 unspecified atom stereocenters. The molecule has 0 aromatic heterocycles. The minimum Gasteiger partial charge on any atom is -0.393 e. The molecule has 0 aromatic rings. The number of ether oxygens (including phenoxy) is 2. The molecule has 0 saturated heterocycles. The molecule has 0 aliphatic heterocycles. The Morgan fingerprint density at radius 3 is 1.83 bits per heavy atom. The van der Waals surface area contributed by atoms with Crippen LogP contribution in [0, 0.1) is 0 Å². The van der Waals surface area contributed by atoms with Gasteiger partial charge in [0.15, 0.2) is 0 Å². The summed E-state index contributed by atoms with van der Waals surface area (Å²) in [5, 5.41) is 9.12. The number of allylic oxidation sites excluding steroid dienone is 1. The first-order chi connectivity index (χ1) is 11.3. The van der Waals surface area contributed by atoms with Gasteiger partial charge in [0.05, 0.1) is 6.61 Å². The molecule has 0 aliphatic carbocycles. The summed E-state index contributed by atoms with van der Waals surface area (Å²) in [4.78, 5) is 0. The zero-order valence-corrected chi connectivity index (χ0v) is 15.6. The van der Waals surface area contributed by atoms with Gasteiger partial charge in [-0.2, -0.15) is 0 Å². The van der Waals surface area contributed by atoms with E-state index in [1.54, 1.807) is 7.11 Å². The maximum atomic E-state index is 9.12. The Balaban J connectivity index is 3.23. The molecular weight excluding hydrogens is 288 g/mol. The van der Waals surface area contributed by atoms with Crippen LogP contribution in [0.25, 0.3) is 0 Å².